The van der Waals surface area contributed by atoms with Gasteiger partial charge in [0, 0.05) is 242 Å². The highest BCUT2D eigenvalue weighted by Crippen LogP contribution is 2.58. The van der Waals surface area contributed by atoms with E-state index in [0.717, 1.165) is 67.3 Å². The molecule has 4 aliphatic heterocycles. The molecule has 12 aromatic heterocycles. The highest BCUT2D eigenvalue weighted by atomic mass is 19.1. The Labute approximate surface area is 822 Å². The van der Waals surface area contributed by atoms with Crippen LogP contribution in [0.3, 0.4) is 0 Å². The molecule has 736 valence electrons. The SMILES string of the molecule is Cc1c(-c2cc3cc(NC(=O)[C@@H]4[C@@H](C)[C@H]4c4cnn(C)c4)ncc3c(N)c2F)cnc2c1NCCO2.Cc1c(-c2cc3cc(NC(=O)[C@@H]4[C@H](C)[C@H]4c4cnn(C)c4)ncc3c(N)c2F)cnc2c1NCCO2.Cc1c(-c2cc3cc(NC(=O)[C@H]4[C@@H](C)[C@@H]4c4cnn(C)c4)ncc3c(N)c2F)cnc2c1NCCO2.Cc1c(-c2cc3cc(NC(=O)[C@H]4[C@H](C)[C@@H]4c4cnn(C)c4)ncc3c(N)c2F)cnc2c1NCCO2. The second kappa shape index (κ2) is 37.0. The van der Waals surface area contributed by atoms with E-state index in [1.54, 1.807) is 117 Å². The molecule has 4 aromatic carbocycles. The van der Waals surface area contributed by atoms with Crippen molar-refractivity contribution in [3.05, 3.63) is 215 Å². The van der Waals surface area contributed by atoms with Crippen LogP contribution in [0, 0.1) is 98.3 Å². The van der Waals surface area contributed by atoms with Crippen LogP contribution in [0.2, 0.25) is 0 Å². The third-order valence-corrected chi connectivity index (χ3v) is 29.1. The van der Waals surface area contributed by atoms with Crippen LogP contribution in [0.25, 0.3) is 87.6 Å². The summed E-state index contributed by atoms with van der Waals surface area (Å²) in [4.78, 5) is 86.8. The lowest BCUT2D eigenvalue weighted by Gasteiger charge is -2.22. The summed E-state index contributed by atoms with van der Waals surface area (Å²) in [6.07, 6.45) is 27.4. The van der Waals surface area contributed by atoms with Crippen LogP contribution in [-0.4, -0.2) is 155 Å². The van der Waals surface area contributed by atoms with Gasteiger partial charge in [0.2, 0.25) is 47.1 Å². The Kier molecular flexibility index (Phi) is 24.0. The number of benzene rings is 4. The summed E-state index contributed by atoms with van der Waals surface area (Å²) in [6.45, 7) is 20.5. The zero-order valence-corrected chi connectivity index (χ0v) is 80.7. The number of nitrogens with one attached hydrogen (secondary N) is 8. The van der Waals surface area contributed by atoms with Gasteiger partial charge < -0.3 is 84.4 Å². The molecule has 4 fully saturated rings. The second-order valence-electron chi connectivity index (χ2n) is 38.2. The number of nitrogens with zero attached hydrogens (tertiary/aromatic N) is 16. The minimum Gasteiger partial charge on any atom is -0.474 e. The standard InChI is InChI=1S/4C26H26FN7O2/c4*1-12-17(9-31-26-24(12)29-4-5-36-26)16-6-14-7-19(30-10-18(14)23(28)22(16)27)33-25(35)21-13(2)20(21)15-8-32-34(3)11-15/h4*6-11,13,20-21,29H,4-5,28H2,1-3H3,(H,30,33,35)/t2*13-,20+,21-;2*13-,20-,21+/m1010/s1. The Morgan fingerprint density at radius 3 is 0.715 bits per heavy atom. The fourth-order valence-electron chi connectivity index (χ4n) is 21.0. The number of amides is 4. The van der Waals surface area contributed by atoms with Crippen LogP contribution in [0.4, 0.5) is 86.3 Å². The average Bonchev–Trinajstić information content (AvgIpc) is 1.50. The maximum absolute atomic E-state index is 15.4. The Hall–Kier alpha value is -16.8. The van der Waals surface area contributed by atoms with Crippen molar-refractivity contribution in [1.29, 1.82) is 0 Å². The van der Waals surface area contributed by atoms with Crippen molar-refractivity contribution in [3.8, 4) is 68.0 Å². The van der Waals surface area contributed by atoms with Gasteiger partial charge in [-0.3, -0.25) is 37.9 Å². The Bertz CT molecular complexity index is 7050. The molecule has 40 heteroatoms. The van der Waals surface area contributed by atoms with Crippen LogP contribution in [-0.2, 0) is 47.4 Å². The van der Waals surface area contributed by atoms with Crippen molar-refractivity contribution in [1.82, 2.24) is 79.0 Å². The molecule has 0 spiro atoms. The van der Waals surface area contributed by atoms with Crippen molar-refractivity contribution in [2.24, 2.45) is 75.5 Å². The second-order valence-corrected chi connectivity index (χ2v) is 38.2. The lowest BCUT2D eigenvalue weighted by molar-refractivity contribution is -0.118. The van der Waals surface area contributed by atoms with Gasteiger partial charge in [-0.15, -0.1) is 0 Å². The number of hydrogen-bond acceptors (Lipinski definition) is 28. The number of carbonyl (C=O) groups excluding carboxylic acids is 4. The summed E-state index contributed by atoms with van der Waals surface area (Å²) in [5, 5.41) is 46.3. The molecule has 0 saturated heterocycles. The predicted octanol–water partition coefficient (Wildman–Crippen LogP) is 15.4. The molecular weight excluding hydrogens is 1850 g/mol. The van der Waals surface area contributed by atoms with Crippen LogP contribution < -0.4 is 84.4 Å². The summed E-state index contributed by atoms with van der Waals surface area (Å²) in [5.41, 5.74) is 39.0. The van der Waals surface area contributed by atoms with Gasteiger partial charge >= 0.3 is 0 Å². The molecule has 36 nitrogen and oxygen atoms in total. The lowest BCUT2D eigenvalue weighted by Crippen LogP contribution is -2.20. The van der Waals surface area contributed by atoms with Gasteiger partial charge in [0.25, 0.3) is 0 Å². The third kappa shape index (κ3) is 17.2. The first kappa shape index (κ1) is 93.5. The molecule has 4 aliphatic carbocycles. The molecule has 12 atom stereocenters. The number of nitrogen functional groups attached to an aromatic ring is 4. The van der Waals surface area contributed by atoms with Crippen LogP contribution >= 0.6 is 0 Å². The quantitative estimate of drug-likeness (QED) is 0.0316. The number of rotatable bonds is 16. The molecule has 4 amide bonds. The van der Waals surface area contributed by atoms with Gasteiger partial charge in [0.15, 0.2) is 23.3 Å². The summed E-state index contributed by atoms with van der Waals surface area (Å²) < 4.78 is 90.9. The Morgan fingerprint density at radius 2 is 0.521 bits per heavy atom. The number of hydrogen-bond donors (Lipinski definition) is 12. The number of halogens is 4. The summed E-state index contributed by atoms with van der Waals surface area (Å²) in [6, 6.07) is 13.8. The topological polar surface area (TPSA) is 480 Å². The van der Waals surface area contributed by atoms with E-state index >= 15 is 17.6 Å². The molecule has 144 heavy (non-hydrogen) atoms. The van der Waals surface area contributed by atoms with E-state index in [9.17, 15) is 19.2 Å². The third-order valence-electron chi connectivity index (χ3n) is 29.1. The van der Waals surface area contributed by atoms with E-state index in [1.165, 1.54) is 24.8 Å². The molecular formula is C104H104F4N28O8. The summed E-state index contributed by atoms with van der Waals surface area (Å²) in [7, 11) is 7.44. The largest absolute Gasteiger partial charge is 0.474 e. The number of fused-ring (bicyclic) bond motifs is 8. The fraction of sp³-hybridized carbons (Fsp3) is 0.308. The molecule has 0 unspecified atom stereocenters. The van der Waals surface area contributed by atoms with E-state index in [2.05, 4.69) is 130 Å². The van der Waals surface area contributed by atoms with E-state index < -0.39 is 23.3 Å². The first-order valence-corrected chi connectivity index (χ1v) is 47.5. The minimum absolute atomic E-state index is 0.00154. The predicted molar refractivity (Wildman–Crippen MR) is 541 cm³/mol. The first-order valence-electron chi connectivity index (χ1n) is 47.5. The zero-order chi connectivity index (χ0) is 101. The van der Waals surface area contributed by atoms with E-state index in [0.29, 0.717) is 187 Å². The van der Waals surface area contributed by atoms with Crippen molar-refractivity contribution in [2.45, 2.75) is 79.1 Å². The van der Waals surface area contributed by atoms with E-state index in [4.69, 9.17) is 41.9 Å². The van der Waals surface area contributed by atoms with Gasteiger partial charge in [-0.2, -0.15) is 20.4 Å². The van der Waals surface area contributed by atoms with Crippen LogP contribution in [0.1, 0.15) is 95.9 Å². The molecule has 16 aromatic rings. The van der Waals surface area contributed by atoms with Crippen molar-refractivity contribution < 1.29 is 55.7 Å². The number of carbonyl (C=O) groups is 4. The number of pyridine rings is 8. The highest BCUT2D eigenvalue weighted by molar-refractivity contribution is 6.06. The van der Waals surface area contributed by atoms with Gasteiger partial charge in [-0.25, -0.2) is 57.4 Å². The molecule has 8 aliphatic rings. The molecule has 16 N–H and O–H groups in total. The first-order chi connectivity index (χ1) is 69.3. The maximum Gasteiger partial charge on any atom is 0.237 e. The number of anilines is 12. The lowest BCUT2D eigenvalue weighted by atomic mass is 9.97. The number of aromatic nitrogens is 16. The van der Waals surface area contributed by atoms with Gasteiger partial charge in [-0.1, -0.05) is 27.7 Å². The fourth-order valence-corrected chi connectivity index (χ4v) is 21.0. The Morgan fingerprint density at radius 1 is 0.312 bits per heavy atom. The van der Waals surface area contributed by atoms with Gasteiger partial charge in [0.1, 0.15) is 72.4 Å². The number of nitrogens with two attached hydrogens (primary N) is 4. The van der Waals surface area contributed by atoms with Gasteiger partial charge in [-0.05, 0) is 166 Å². The number of aryl methyl sites for hydroxylation is 4. The number of ether oxygens (including phenoxy) is 4. The summed E-state index contributed by atoms with van der Waals surface area (Å²) >= 11 is 0. The Balaban J connectivity index is 0.000000113. The zero-order valence-electron chi connectivity index (χ0n) is 80.7. The minimum atomic E-state index is -0.534. The molecule has 0 bridgehead atoms. The summed E-state index contributed by atoms with van der Waals surface area (Å²) in [5.74, 6) is 1.82. The molecule has 0 radical (unpaired) electrons. The van der Waals surface area contributed by atoms with Crippen LogP contribution in [0.15, 0.2) is 148 Å². The van der Waals surface area contributed by atoms with E-state index in [-0.39, 0.29) is 117 Å². The normalized spacial score (nSPS) is 20.4. The van der Waals surface area contributed by atoms with Crippen molar-refractivity contribution in [3.63, 3.8) is 0 Å². The smallest absolute Gasteiger partial charge is 0.237 e. The van der Waals surface area contributed by atoms with Crippen molar-refractivity contribution >= 4 is 135 Å². The van der Waals surface area contributed by atoms with Crippen LogP contribution in [0.5, 0.6) is 23.5 Å². The maximum atomic E-state index is 15.4. The highest BCUT2D eigenvalue weighted by Gasteiger charge is 2.56. The molecule has 16 heterocycles. The molecule has 4 saturated carbocycles. The monoisotopic (exact) mass is 1950 g/mol. The van der Waals surface area contributed by atoms with Crippen molar-refractivity contribution in [2.75, 3.05) is 118 Å². The van der Waals surface area contributed by atoms with Gasteiger partial charge in [0.05, 0.1) is 47.5 Å². The average molecular weight is 1950 g/mol. The molecule has 24 rings (SSSR count). The van der Waals surface area contributed by atoms with E-state index in [1.807, 2.05) is 80.7 Å².